The molecule has 0 aliphatic heterocycles. The second kappa shape index (κ2) is 5.17. The Kier molecular flexibility index (Phi) is 4.45. The topological polar surface area (TPSA) is 9.23 Å². The monoisotopic (exact) mass is 320 g/mol. The highest BCUT2D eigenvalue weighted by Gasteiger charge is 2.10. The minimum atomic E-state index is 0.223. The smallest absolute Gasteiger partial charge is 0.135 e. The lowest BCUT2D eigenvalue weighted by Crippen LogP contribution is -2.18. The van der Waals surface area contributed by atoms with E-state index in [0.717, 1.165) is 14.7 Å². The van der Waals surface area contributed by atoms with Crippen LogP contribution in [0.15, 0.2) is 27.1 Å². The second-order valence-corrected chi connectivity index (χ2v) is 5.41. The Morgan fingerprint density at radius 1 is 1.14 bits per heavy atom. The first-order valence-electron chi connectivity index (χ1n) is 4.62. The molecule has 1 nitrogen and oxygen atoms in total. The van der Waals surface area contributed by atoms with Crippen LogP contribution in [0.1, 0.15) is 20.8 Å². The summed E-state index contributed by atoms with van der Waals surface area (Å²) in [5.41, 5.74) is 0. The molecule has 0 saturated heterocycles. The molecular weight excluding hydrogens is 308 g/mol. The maximum absolute atomic E-state index is 5.81. The molecule has 0 fully saturated rings. The summed E-state index contributed by atoms with van der Waals surface area (Å²) in [6, 6.07) is 5.94. The zero-order chi connectivity index (χ0) is 10.7. The van der Waals surface area contributed by atoms with Crippen LogP contribution in [0.5, 0.6) is 5.75 Å². The molecule has 78 valence electrons. The van der Waals surface area contributed by atoms with Crippen LogP contribution in [0.3, 0.4) is 0 Å². The summed E-state index contributed by atoms with van der Waals surface area (Å²) in [5.74, 6) is 1.40. The molecule has 1 aromatic carbocycles. The van der Waals surface area contributed by atoms with Gasteiger partial charge in [0.25, 0.3) is 0 Å². The van der Waals surface area contributed by atoms with Crippen LogP contribution < -0.4 is 4.74 Å². The molecule has 0 amide bonds. The van der Waals surface area contributed by atoms with Crippen molar-refractivity contribution in [3.63, 3.8) is 0 Å². The second-order valence-electron chi connectivity index (χ2n) is 3.64. The predicted molar refractivity (Wildman–Crippen MR) is 66.8 cm³/mol. The Morgan fingerprint density at radius 2 is 1.79 bits per heavy atom. The van der Waals surface area contributed by atoms with E-state index < -0.39 is 0 Å². The van der Waals surface area contributed by atoms with E-state index in [4.69, 9.17) is 4.74 Å². The molecular formula is C11H14Br2O. The van der Waals surface area contributed by atoms with Gasteiger partial charge in [0.2, 0.25) is 0 Å². The fourth-order valence-corrected chi connectivity index (χ4v) is 1.58. The minimum Gasteiger partial charge on any atom is -0.489 e. The third-order valence-corrected chi connectivity index (χ3v) is 3.29. The number of benzene rings is 1. The summed E-state index contributed by atoms with van der Waals surface area (Å²) in [4.78, 5) is 0. The van der Waals surface area contributed by atoms with E-state index in [9.17, 15) is 0 Å². The molecule has 0 aliphatic carbocycles. The highest BCUT2D eigenvalue weighted by Crippen LogP contribution is 2.29. The fraction of sp³-hybridized carbons (Fsp3) is 0.455. The van der Waals surface area contributed by atoms with Crippen LogP contribution in [0.4, 0.5) is 0 Å². The van der Waals surface area contributed by atoms with Crippen molar-refractivity contribution in [2.45, 2.75) is 26.9 Å². The van der Waals surface area contributed by atoms with Gasteiger partial charge in [-0.3, -0.25) is 0 Å². The number of ether oxygens (including phenoxy) is 1. The molecule has 0 N–H and O–H groups in total. The van der Waals surface area contributed by atoms with E-state index in [0.29, 0.717) is 5.92 Å². The van der Waals surface area contributed by atoms with Gasteiger partial charge in [-0.15, -0.1) is 0 Å². The summed E-state index contributed by atoms with van der Waals surface area (Å²) in [5, 5.41) is 0. The summed E-state index contributed by atoms with van der Waals surface area (Å²) in [6.45, 7) is 6.38. The molecule has 14 heavy (non-hydrogen) atoms. The lowest BCUT2D eigenvalue weighted by Gasteiger charge is -2.19. The average molecular weight is 322 g/mol. The molecule has 0 aromatic heterocycles. The van der Waals surface area contributed by atoms with Gasteiger partial charge in [0.15, 0.2) is 0 Å². The van der Waals surface area contributed by atoms with Crippen molar-refractivity contribution in [3.8, 4) is 5.75 Å². The number of hydrogen-bond donors (Lipinski definition) is 0. The van der Waals surface area contributed by atoms with Crippen molar-refractivity contribution in [1.29, 1.82) is 0 Å². The van der Waals surface area contributed by atoms with Crippen molar-refractivity contribution < 1.29 is 4.74 Å². The van der Waals surface area contributed by atoms with Crippen LogP contribution in [-0.4, -0.2) is 6.10 Å². The molecule has 1 atom stereocenters. The van der Waals surface area contributed by atoms with E-state index >= 15 is 0 Å². The number of halogens is 2. The first-order valence-corrected chi connectivity index (χ1v) is 6.21. The Bertz CT molecular complexity index is 310. The third-order valence-electron chi connectivity index (χ3n) is 2.14. The molecule has 1 unspecified atom stereocenters. The van der Waals surface area contributed by atoms with Gasteiger partial charge in [-0.2, -0.15) is 0 Å². The van der Waals surface area contributed by atoms with E-state index in [2.05, 4.69) is 52.6 Å². The highest BCUT2D eigenvalue weighted by atomic mass is 79.9. The van der Waals surface area contributed by atoms with Gasteiger partial charge in [-0.05, 0) is 47.0 Å². The van der Waals surface area contributed by atoms with Gasteiger partial charge in [0.1, 0.15) is 5.75 Å². The first kappa shape index (κ1) is 12.1. The maximum Gasteiger partial charge on any atom is 0.135 e. The summed E-state index contributed by atoms with van der Waals surface area (Å²) < 4.78 is 7.84. The molecule has 1 rings (SSSR count). The van der Waals surface area contributed by atoms with Crippen molar-refractivity contribution in [3.05, 3.63) is 27.1 Å². The summed E-state index contributed by atoms with van der Waals surface area (Å²) in [7, 11) is 0. The first-order chi connectivity index (χ1) is 6.50. The van der Waals surface area contributed by atoms with Gasteiger partial charge < -0.3 is 4.74 Å². The van der Waals surface area contributed by atoms with Crippen LogP contribution in [0.2, 0.25) is 0 Å². The van der Waals surface area contributed by atoms with Crippen molar-refractivity contribution in [1.82, 2.24) is 0 Å². The van der Waals surface area contributed by atoms with Gasteiger partial charge in [0, 0.05) is 4.47 Å². The maximum atomic E-state index is 5.81. The van der Waals surface area contributed by atoms with Gasteiger partial charge in [-0.1, -0.05) is 29.8 Å². The largest absolute Gasteiger partial charge is 0.489 e. The number of rotatable bonds is 3. The van der Waals surface area contributed by atoms with Crippen molar-refractivity contribution in [2.24, 2.45) is 5.92 Å². The van der Waals surface area contributed by atoms with Crippen LogP contribution >= 0.6 is 31.9 Å². The van der Waals surface area contributed by atoms with Gasteiger partial charge >= 0.3 is 0 Å². The van der Waals surface area contributed by atoms with E-state index in [1.807, 2.05) is 18.2 Å². The predicted octanol–water partition coefficient (Wildman–Crippen LogP) is 4.63. The molecule has 3 heteroatoms. The average Bonchev–Trinajstić information content (AvgIpc) is 2.11. The van der Waals surface area contributed by atoms with Gasteiger partial charge in [0.05, 0.1) is 10.6 Å². The van der Waals surface area contributed by atoms with E-state index in [1.165, 1.54) is 0 Å². The minimum absolute atomic E-state index is 0.223. The molecule has 0 bridgehead atoms. The molecule has 0 radical (unpaired) electrons. The Labute approximate surface area is 102 Å². The molecule has 0 saturated carbocycles. The Morgan fingerprint density at radius 3 is 2.36 bits per heavy atom. The highest BCUT2D eigenvalue weighted by molar-refractivity contribution is 9.11. The Hall–Kier alpha value is -0.0200. The fourth-order valence-electron chi connectivity index (χ4n) is 0.904. The SMILES string of the molecule is CC(C)C(C)Oc1cc(Br)ccc1Br. The molecule has 1 aromatic rings. The molecule has 0 heterocycles. The number of hydrogen-bond acceptors (Lipinski definition) is 1. The quantitative estimate of drug-likeness (QED) is 0.788. The summed E-state index contributed by atoms with van der Waals surface area (Å²) in [6.07, 6.45) is 0.223. The van der Waals surface area contributed by atoms with Crippen molar-refractivity contribution >= 4 is 31.9 Å². The standard InChI is InChI=1S/C11H14Br2O/c1-7(2)8(3)14-11-6-9(12)4-5-10(11)13/h4-8H,1-3H3. The zero-order valence-electron chi connectivity index (χ0n) is 8.55. The van der Waals surface area contributed by atoms with Crippen molar-refractivity contribution in [2.75, 3.05) is 0 Å². The normalized spacial score (nSPS) is 13.0. The van der Waals surface area contributed by atoms with Crippen LogP contribution in [-0.2, 0) is 0 Å². The molecule has 0 aliphatic rings. The third kappa shape index (κ3) is 3.28. The van der Waals surface area contributed by atoms with Crippen LogP contribution in [0.25, 0.3) is 0 Å². The summed E-state index contributed by atoms with van der Waals surface area (Å²) >= 11 is 6.88. The Balaban J connectivity index is 2.80. The lowest BCUT2D eigenvalue weighted by atomic mass is 10.1. The lowest BCUT2D eigenvalue weighted by molar-refractivity contribution is 0.169. The van der Waals surface area contributed by atoms with E-state index in [-0.39, 0.29) is 6.10 Å². The van der Waals surface area contributed by atoms with Crippen LogP contribution in [0, 0.1) is 5.92 Å². The van der Waals surface area contributed by atoms with E-state index in [1.54, 1.807) is 0 Å². The zero-order valence-corrected chi connectivity index (χ0v) is 11.7. The van der Waals surface area contributed by atoms with Gasteiger partial charge in [-0.25, -0.2) is 0 Å². The molecule has 0 spiro atoms.